The first-order valence-electron chi connectivity index (χ1n) is 9.36. The molecule has 138 valence electrons. The van der Waals surface area contributed by atoms with E-state index in [9.17, 15) is 14.4 Å². The van der Waals surface area contributed by atoms with Crippen molar-refractivity contribution in [3.63, 3.8) is 0 Å². The Hall–Kier alpha value is -2.95. The number of ketones is 1. The molecule has 1 saturated heterocycles. The maximum atomic E-state index is 12.7. The van der Waals surface area contributed by atoms with Gasteiger partial charge in [0.05, 0.1) is 11.6 Å². The molecule has 1 aliphatic heterocycles. The molecule has 1 atom stereocenters. The van der Waals surface area contributed by atoms with E-state index < -0.39 is 5.92 Å². The number of nitrogens with zero attached hydrogens (tertiary/aromatic N) is 1. The Morgan fingerprint density at radius 2 is 1.85 bits per heavy atom. The van der Waals surface area contributed by atoms with Gasteiger partial charge in [-0.1, -0.05) is 18.2 Å². The van der Waals surface area contributed by atoms with Crippen LogP contribution in [0.25, 0.3) is 0 Å². The molecule has 4 rings (SSSR count). The van der Waals surface area contributed by atoms with E-state index in [1.165, 1.54) is 18.1 Å². The van der Waals surface area contributed by atoms with Gasteiger partial charge in [-0.05, 0) is 61.6 Å². The highest BCUT2D eigenvalue weighted by atomic mass is 16.2. The van der Waals surface area contributed by atoms with Crippen molar-refractivity contribution in [2.24, 2.45) is 5.92 Å². The lowest BCUT2D eigenvalue weighted by Gasteiger charge is -2.18. The van der Waals surface area contributed by atoms with Gasteiger partial charge in [0, 0.05) is 24.2 Å². The Morgan fingerprint density at radius 1 is 1.07 bits per heavy atom. The molecule has 5 nitrogen and oxygen atoms in total. The van der Waals surface area contributed by atoms with E-state index >= 15 is 0 Å². The van der Waals surface area contributed by atoms with Crippen molar-refractivity contribution < 1.29 is 14.4 Å². The smallest absolute Gasteiger partial charge is 0.229 e. The van der Waals surface area contributed by atoms with Gasteiger partial charge in [0.15, 0.2) is 5.78 Å². The Bertz CT molecular complexity index is 935. The third-order valence-electron chi connectivity index (χ3n) is 5.45. The SMILES string of the molecule is CC(=O)c1ccccc1NC(=O)C1CC(=O)N(c2ccc3c(c2)CCC3)C1. The molecule has 2 aromatic carbocycles. The molecule has 0 radical (unpaired) electrons. The minimum Gasteiger partial charge on any atom is -0.325 e. The van der Waals surface area contributed by atoms with Crippen LogP contribution < -0.4 is 10.2 Å². The molecule has 1 unspecified atom stereocenters. The molecule has 0 bridgehead atoms. The Morgan fingerprint density at radius 3 is 2.67 bits per heavy atom. The highest BCUT2D eigenvalue weighted by Gasteiger charge is 2.35. The van der Waals surface area contributed by atoms with E-state index in [0.717, 1.165) is 24.9 Å². The molecule has 5 heteroatoms. The Balaban J connectivity index is 1.49. The number of hydrogen-bond acceptors (Lipinski definition) is 3. The predicted molar refractivity (Wildman–Crippen MR) is 104 cm³/mol. The minimum absolute atomic E-state index is 0.0343. The normalized spacial score (nSPS) is 18.5. The number of aryl methyl sites for hydroxylation is 2. The fourth-order valence-corrected chi connectivity index (χ4v) is 3.99. The van der Waals surface area contributed by atoms with Crippen molar-refractivity contribution in [2.45, 2.75) is 32.6 Å². The van der Waals surface area contributed by atoms with E-state index in [0.29, 0.717) is 17.8 Å². The van der Waals surface area contributed by atoms with Gasteiger partial charge in [-0.2, -0.15) is 0 Å². The number of para-hydroxylation sites is 1. The monoisotopic (exact) mass is 362 g/mol. The van der Waals surface area contributed by atoms with E-state index in [2.05, 4.69) is 17.4 Å². The lowest BCUT2D eigenvalue weighted by Crippen LogP contribution is -2.28. The van der Waals surface area contributed by atoms with E-state index in [4.69, 9.17) is 0 Å². The van der Waals surface area contributed by atoms with Gasteiger partial charge in [0.1, 0.15) is 0 Å². The summed E-state index contributed by atoms with van der Waals surface area (Å²) in [5, 5.41) is 2.83. The van der Waals surface area contributed by atoms with Crippen LogP contribution in [0.4, 0.5) is 11.4 Å². The number of nitrogens with one attached hydrogen (secondary N) is 1. The van der Waals surface area contributed by atoms with Gasteiger partial charge < -0.3 is 10.2 Å². The third kappa shape index (κ3) is 3.37. The molecule has 1 fully saturated rings. The molecule has 0 saturated carbocycles. The molecule has 2 aromatic rings. The Labute approximate surface area is 158 Å². The second-order valence-electron chi connectivity index (χ2n) is 7.30. The van der Waals surface area contributed by atoms with Gasteiger partial charge in [0.2, 0.25) is 11.8 Å². The number of Topliss-reactive ketones (excluding diaryl/α,β-unsaturated/α-hetero) is 1. The van der Waals surface area contributed by atoms with E-state index in [-0.39, 0.29) is 24.0 Å². The molecule has 1 aliphatic carbocycles. The van der Waals surface area contributed by atoms with Crippen molar-refractivity contribution in [2.75, 3.05) is 16.8 Å². The summed E-state index contributed by atoms with van der Waals surface area (Å²) in [7, 11) is 0. The quantitative estimate of drug-likeness (QED) is 0.848. The van der Waals surface area contributed by atoms with Gasteiger partial charge in [-0.25, -0.2) is 0 Å². The van der Waals surface area contributed by atoms with Crippen molar-refractivity contribution in [1.29, 1.82) is 0 Å². The molecule has 27 heavy (non-hydrogen) atoms. The number of anilines is 2. The van der Waals surface area contributed by atoms with Crippen LogP contribution in [-0.4, -0.2) is 24.1 Å². The third-order valence-corrected chi connectivity index (χ3v) is 5.45. The van der Waals surface area contributed by atoms with Gasteiger partial charge in [-0.15, -0.1) is 0 Å². The maximum Gasteiger partial charge on any atom is 0.229 e. The molecular formula is C22H22N2O3. The predicted octanol–water partition coefficient (Wildman–Crippen LogP) is 3.37. The number of rotatable bonds is 4. The summed E-state index contributed by atoms with van der Waals surface area (Å²) in [6.07, 6.45) is 3.50. The summed E-state index contributed by atoms with van der Waals surface area (Å²) >= 11 is 0. The summed E-state index contributed by atoms with van der Waals surface area (Å²) in [5.41, 5.74) is 4.52. The molecule has 0 spiro atoms. The van der Waals surface area contributed by atoms with Crippen LogP contribution in [0.15, 0.2) is 42.5 Å². The summed E-state index contributed by atoms with van der Waals surface area (Å²) in [5.74, 6) is -0.785. The zero-order chi connectivity index (χ0) is 19.0. The summed E-state index contributed by atoms with van der Waals surface area (Å²) in [4.78, 5) is 38.7. The number of carbonyl (C=O) groups excluding carboxylic acids is 3. The van der Waals surface area contributed by atoms with Crippen molar-refractivity contribution in [3.05, 3.63) is 59.2 Å². The molecule has 2 aliphatic rings. The fourth-order valence-electron chi connectivity index (χ4n) is 3.99. The number of benzene rings is 2. The second-order valence-corrected chi connectivity index (χ2v) is 7.30. The lowest BCUT2D eigenvalue weighted by molar-refractivity contribution is -0.122. The van der Waals surface area contributed by atoms with Crippen LogP contribution in [0.5, 0.6) is 0 Å². The molecule has 1 N–H and O–H groups in total. The molecule has 1 heterocycles. The van der Waals surface area contributed by atoms with Gasteiger partial charge in [-0.3, -0.25) is 14.4 Å². The highest BCUT2D eigenvalue weighted by Crippen LogP contribution is 2.31. The van der Waals surface area contributed by atoms with Crippen molar-refractivity contribution in [1.82, 2.24) is 0 Å². The zero-order valence-corrected chi connectivity index (χ0v) is 15.3. The van der Waals surface area contributed by atoms with Gasteiger partial charge in [0.25, 0.3) is 0 Å². The van der Waals surface area contributed by atoms with Crippen LogP contribution in [0.2, 0.25) is 0 Å². The van der Waals surface area contributed by atoms with Crippen molar-refractivity contribution in [3.8, 4) is 0 Å². The first-order valence-corrected chi connectivity index (χ1v) is 9.36. The number of amides is 2. The number of hydrogen-bond donors (Lipinski definition) is 1. The van der Waals surface area contributed by atoms with Crippen molar-refractivity contribution >= 4 is 29.0 Å². The van der Waals surface area contributed by atoms with Crippen LogP contribution in [0.3, 0.4) is 0 Å². The number of carbonyl (C=O) groups is 3. The zero-order valence-electron chi connectivity index (χ0n) is 15.3. The summed E-state index contributed by atoms with van der Waals surface area (Å²) < 4.78 is 0. The topological polar surface area (TPSA) is 66.5 Å². The lowest BCUT2D eigenvalue weighted by atomic mass is 10.1. The average molecular weight is 362 g/mol. The van der Waals surface area contributed by atoms with Crippen LogP contribution in [0.1, 0.15) is 41.3 Å². The average Bonchev–Trinajstić information content (AvgIpc) is 3.27. The molecular weight excluding hydrogens is 340 g/mol. The molecule has 2 amide bonds. The Kier molecular flexibility index (Phi) is 4.52. The summed E-state index contributed by atoms with van der Waals surface area (Å²) in [6, 6.07) is 13.1. The van der Waals surface area contributed by atoms with E-state index in [1.807, 2.05) is 6.07 Å². The maximum absolute atomic E-state index is 12.7. The number of fused-ring (bicyclic) bond motifs is 1. The largest absolute Gasteiger partial charge is 0.325 e. The van der Waals surface area contributed by atoms with E-state index in [1.54, 1.807) is 29.2 Å². The van der Waals surface area contributed by atoms with Crippen LogP contribution in [-0.2, 0) is 22.4 Å². The minimum atomic E-state index is -0.425. The standard InChI is InChI=1S/C22H22N2O3/c1-14(25)19-7-2-3-8-20(19)23-22(27)17-12-21(26)24(13-17)18-10-9-15-5-4-6-16(15)11-18/h2-3,7-11,17H,4-6,12-13H2,1H3,(H,23,27). The second kappa shape index (κ2) is 6.99. The highest BCUT2D eigenvalue weighted by molar-refractivity contribution is 6.07. The molecule has 0 aromatic heterocycles. The first kappa shape index (κ1) is 17.5. The first-order chi connectivity index (χ1) is 13.0. The summed E-state index contributed by atoms with van der Waals surface area (Å²) in [6.45, 7) is 1.84. The van der Waals surface area contributed by atoms with Crippen LogP contribution in [0, 0.1) is 5.92 Å². The fraction of sp³-hybridized carbons (Fsp3) is 0.318. The van der Waals surface area contributed by atoms with Crippen LogP contribution >= 0.6 is 0 Å². The van der Waals surface area contributed by atoms with Gasteiger partial charge >= 0.3 is 0 Å².